The van der Waals surface area contributed by atoms with Gasteiger partial charge in [-0.25, -0.2) is 0 Å². The van der Waals surface area contributed by atoms with E-state index in [1.165, 1.54) is 11.1 Å². The summed E-state index contributed by atoms with van der Waals surface area (Å²) in [5, 5.41) is 0. The molecule has 3 nitrogen and oxygen atoms in total. The zero-order valence-corrected chi connectivity index (χ0v) is 7.83. The molecule has 0 saturated carbocycles. The number of hydrogen-bond acceptors (Lipinski definition) is 3. The molecule has 13 heavy (non-hydrogen) atoms. The van der Waals surface area contributed by atoms with Crippen LogP contribution in [0.15, 0.2) is 12.1 Å². The van der Waals surface area contributed by atoms with Gasteiger partial charge in [-0.05, 0) is 29.7 Å². The molecule has 0 saturated heterocycles. The van der Waals surface area contributed by atoms with E-state index < -0.39 is 0 Å². The third kappa shape index (κ3) is 1.16. The van der Waals surface area contributed by atoms with Crippen LogP contribution >= 0.6 is 0 Å². The third-order valence-corrected chi connectivity index (χ3v) is 2.48. The van der Waals surface area contributed by atoms with E-state index in [-0.39, 0.29) is 6.04 Å². The van der Waals surface area contributed by atoms with Crippen molar-refractivity contribution < 1.29 is 9.47 Å². The van der Waals surface area contributed by atoms with E-state index in [0.717, 1.165) is 17.9 Å². The molecule has 0 heterocycles. The third-order valence-electron chi connectivity index (χ3n) is 2.48. The van der Waals surface area contributed by atoms with Crippen molar-refractivity contribution in [2.45, 2.75) is 12.5 Å². The summed E-state index contributed by atoms with van der Waals surface area (Å²) >= 11 is 0. The van der Waals surface area contributed by atoms with Gasteiger partial charge in [0.1, 0.15) is 0 Å². The minimum Gasteiger partial charge on any atom is -0.493 e. The van der Waals surface area contributed by atoms with Gasteiger partial charge in [0.25, 0.3) is 0 Å². The first-order valence-electron chi connectivity index (χ1n) is 4.26. The second kappa shape index (κ2) is 2.92. The first kappa shape index (κ1) is 8.38. The lowest BCUT2D eigenvalue weighted by atomic mass is 9.83. The SMILES string of the molecule is COc1cc2c(cc1OC)[C@H](N)C2. The number of ether oxygens (including phenoxy) is 2. The van der Waals surface area contributed by atoms with Crippen molar-refractivity contribution in [2.24, 2.45) is 5.73 Å². The van der Waals surface area contributed by atoms with Crippen LogP contribution in [-0.2, 0) is 6.42 Å². The van der Waals surface area contributed by atoms with Crippen molar-refractivity contribution in [1.82, 2.24) is 0 Å². The van der Waals surface area contributed by atoms with Gasteiger partial charge in [-0.15, -0.1) is 0 Å². The van der Waals surface area contributed by atoms with E-state index >= 15 is 0 Å². The highest BCUT2D eigenvalue weighted by molar-refractivity contribution is 5.52. The Labute approximate surface area is 77.5 Å². The average Bonchev–Trinajstić information content (AvgIpc) is 2.15. The van der Waals surface area contributed by atoms with E-state index in [4.69, 9.17) is 15.2 Å². The van der Waals surface area contributed by atoms with Crippen molar-refractivity contribution >= 4 is 0 Å². The molecule has 3 heteroatoms. The predicted molar refractivity (Wildman–Crippen MR) is 50.2 cm³/mol. The molecule has 0 radical (unpaired) electrons. The van der Waals surface area contributed by atoms with Gasteiger partial charge in [0.15, 0.2) is 11.5 Å². The summed E-state index contributed by atoms with van der Waals surface area (Å²) in [5.41, 5.74) is 8.26. The summed E-state index contributed by atoms with van der Waals surface area (Å²) in [6, 6.07) is 4.13. The standard InChI is InChI=1S/C10H13NO2/c1-12-9-4-6-3-8(11)7(6)5-10(9)13-2/h4-5,8H,3,11H2,1-2H3/t8-/m1/s1. The lowest BCUT2D eigenvalue weighted by Gasteiger charge is -2.27. The second-order valence-corrected chi connectivity index (χ2v) is 3.22. The summed E-state index contributed by atoms with van der Waals surface area (Å²) in [6.07, 6.45) is 0.940. The normalized spacial score (nSPS) is 18.8. The number of methoxy groups -OCH3 is 2. The van der Waals surface area contributed by atoms with Crippen LogP contribution in [0.2, 0.25) is 0 Å². The van der Waals surface area contributed by atoms with Gasteiger partial charge < -0.3 is 15.2 Å². The number of rotatable bonds is 2. The van der Waals surface area contributed by atoms with Crippen molar-refractivity contribution in [2.75, 3.05) is 14.2 Å². The Morgan fingerprint density at radius 3 is 2.38 bits per heavy atom. The lowest BCUT2D eigenvalue weighted by molar-refractivity contribution is 0.352. The Bertz CT molecular complexity index is 336. The Hall–Kier alpha value is -1.22. The Kier molecular flexibility index (Phi) is 1.88. The van der Waals surface area contributed by atoms with Gasteiger partial charge in [0.2, 0.25) is 0 Å². The van der Waals surface area contributed by atoms with Gasteiger partial charge in [-0.2, -0.15) is 0 Å². The number of hydrogen-bond donors (Lipinski definition) is 1. The topological polar surface area (TPSA) is 44.5 Å². The van der Waals surface area contributed by atoms with Crippen LogP contribution in [0.5, 0.6) is 11.5 Å². The maximum absolute atomic E-state index is 5.81. The lowest BCUT2D eigenvalue weighted by Crippen LogP contribution is -2.24. The van der Waals surface area contributed by atoms with E-state index in [0.29, 0.717) is 0 Å². The van der Waals surface area contributed by atoms with E-state index in [2.05, 4.69) is 0 Å². The highest BCUT2D eigenvalue weighted by Gasteiger charge is 2.24. The van der Waals surface area contributed by atoms with Crippen LogP contribution in [0.1, 0.15) is 17.2 Å². The van der Waals surface area contributed by atoms with E-state index in [1.54, 1.807) is 14.2 Å². The fourth-order valence-electron chi connectivity index (χ4n) is 1.67. The quantitative estimate of drug-likeness (QED) is 0.743. The summed E-state index contributed by atoms with van der Waals surface area (Å²) in [5.74, 6) is 1.55. The molecule has 1 aliphatic carbocycles. The minimum atomic E-state index is 0.176. The predicted octanol–water partition coefficient (Wildman–Crippen LogP) is 1.26. The fraction of sp³-hybridized carbons (Fsp3) is 0.400. The maximum Gasteiger partial charge on any atom is 0.161 e. The molecule has 0 aliphatic heterocycles. The minimum absolute atomic E-state index is 0.176. The summed E-state index contributed by atoms with van der Waals surface area (Å²) < 4.78 is 10.3. The monoisotopic (exact) mass is 179 g/mol. The highest BCUT2D eigenvalue weighted by Crippen LogP contribution is 2.39. The zero-order valence-electron chi connectivity index (χ0n) is 7.83. The molecule has 1 aromatic carbocycles. The van der Waals surface area contributed by atoms with Gasteiger partial charge in [-0.1, -0.05) is 0 Å². The molecule has 2 rings (SSSR count). The van der Waals surface area contributed by atoms with Gasteiger partial charge >= 0.3 is 0 Å². The first-order chi connectivity index (χ1) is 6.26. The molecule has 1 atom stereocenters. The van der Waals surface area contributed by atoms with E-state index in [9.17, 15) is 0 Å². The maximum atomic E-state index is 5.81. The zero-order chi connectivity index (χ0) is 9.42. The van der Waals surface area contributed by atoms with E-state index in [1.807, 2.05) is 12.1 Å². The van der Waals surface area contributed by atoms with Crippen LogP contribution in [0.3, 0.4) is 0 Å². The van der Waals surface area contributed by atoms with Crippen LogP contribution in [0, 0.1) is 0 Å². The second-order valence-electron chi connectivity index (χ2n) is 3.22. The molecule has 0 fully saturated rings. The van der Waals surface area contributed by atoms with Crippen molar-refractivity contribution in [3.63, 3.8) is 0 Å². The van der Waals surface area contributed by atoms with Crippen LogP contribution in [0.4, 0.5) is 0 Å². The Balaban J connectivity index is 2.45. The fourth-order valence-corrected chi connectivity index (χ4v) is 1.67. The number of fused-ring (bicyclic) bond motifs is 1. The molecule has 1 aromatic rings. The number of nitrogens with two attached hydrogens (primary N) is 1. The van der Waals surface area contributed by atoms with Crippen molar-refractivity contribution in [3.8, 4) is 11.5 Å². The van der Waals surface area contributed by atoms with Gasteiger partial charge in [-0.3, -0.25) is 0 Å². The summed E-state index contributed by atoms with van der Waals surface area (Å²) in [7, 11) is 3.28. The highest BCUT2D eigenvalue weighted by atomic mass is 16.5. The molecular formula is C10H13NO2. The van der Waals surface area contributed by atoms with Gasteiger partial charge in [0.05, 0.1) is 14.2 Å². The van der Waals surface area contributed by atoms with Crippen molar-refractivity contribution in [1.29, 1.82) is 0 Å². The molecule has 0 spiro atoms. The molecular weight excluding hydrogens is 166 g/mol. The molecule has 2 N–H and O–H groups in total. The molecule has 70 valence electrons. The molecule has 0 unspecified atom stereocenters. The van der Waals surface area contributed by atoms with Crippen LogP contribution in [0.25, 0.3) is 0 Å². The van der Waals surface area contributed by atoms with Gasteiger partial charge in [0, 0.05) is 6.04 Å². The first-order valence-corrected chi connectivity index (χ1v) is 4.26. The summed E-state index contributed by atoms with van der Waals surface area (Å²) in [6.45, 7) is 0. The molecule has 0 amide bonds. The Morgan fingerprint density at radius 1 is 1.23 bits per heavy atom. The Morgan fingerprint density at radius 2 is 1.85 bits per heavy atom. The molecule has 0 aromatic heterocycles. The summed E-state index contributed by atoms with van der Waals surface area (Å²) in [4.78, 5) is 0. The van der Waals surface area contributed by atoms with Crippen LogP contribution < -0.4 is 15.2 Å². The molecule has 0 bridgehead atoms. The van der Waals surface area contributed by atoms with Crippen molar-refractivity contribution in [3.05, 3.63) is 23.3 Å². The van der Waals surface area contributed by atoms with Crippen LogP contribution in [-0.4, -0.2) is 14.2 Å². The largest absolute Gasteiger partial charge is 0.493 e. The average molecular weight is 179 g/mol. The molecule has 1 aliphatic rings. The number of benzene rings is 1. The smallest absolute Gasteiger partial charge is 0.161 e.